The Kier molecular flexibility index (Phi) is 5.72. The Morgan fingerprint density at radius 2 is 1.32 bits per heavy atom. The van der Waals surface area contributed by atoms with Gasteiger partial charge < -0.3 is 19.3 Å². The maximum absolute atomic E-state index is 15.5. The van der Waals surface area contributed by atoms with E-state index in [1.54, 1.807) is 12.1 Å². The fraction of sp³-hybridized carbons (Fsp3) is 0.118. The summed E-state index contributed by atoms with van der Waals surface area (Å²) in [7, 11) is -3.63. The van der Waals surface area contributed by atoms with Gasteiger partial charge in [0.15, 0.2) is 6.73 Å². The van der Waals surface area contributed by atoms with Gasteiger partial charge in [-0.1, -0.05) is 78.9 Å². The largest absolute Gasteiger partial charge is 0.508 e. The normalized spacial score (nSPS) is 18.8. The minimum absolute atomic E-state index is 0.153. The molecule has 0 amide bonds. The van der Waals surface area contributed by atoms with Crippen molar-refractivity contribution in [1.29, 1.82) is 0 Å². The molecule has 2 aliphatic rings. The molecule has 1 N–H and O–H groups in total. The molecular weight excluding hydrogens is 517 g/mol. The van der Waals surface area contributed by atoms with Crippen LogP contribution >= 0.6 is 7.37 Å². The molecule has 5 nitrogen and oxygen atoms in total. The van der Waals surface area contributed by atoms with Crippen molar-refractivity contribution < 1.29 is 18.9 Å². The highest BCUT2D eigenvalue weighted by atomic mass is 31.2. The van der Waals surface area contributed by atoms with Crippen LogP contribution in [0.25, 0.3) is 11.1 Å². The number of rotatable bonds is 4. The van der Waals surface area contributed by atoms with E-state index in [1.165, 1.54) is 0 Å². The van der Waals surface area contributed by atoms with E-state index in [9.17, 15) is 5.11 Å². The zero-order valence-electron chi connectivity index (χ0n) is 22.0. The Balaban J connectivity index is 1.36. The van der Waals surface area contributed by atoms with Crippen LogP contribution in [-0.4, -0.2) is 11.8 Å². The van der Waals surface area contributed by atoms with E-state index in [-0.39, 0.29) is 5.75 Å². The molecule has 0 radical (unpaired) electrons. The summed E-state index contributed by atoms with van der Waals surface area (Å²) in [6, 6.07) is 38.8. The molecule has 0 aromatic heterocycles. The summed E-state index contributed by atoms with van der Waals surface area (Å²) < 4.78 is 28.1. The number of aromatic hydroxyl groups is 1. The third-order valence-corrected chi connectivity index (χ3v) is 11.3. The predicted molar refractivity (Wildman–Crippen MR) is 159 cm³/mol. The monoisotopic (exact) mass is 545 g/mol. The number of fused-ring (bicyclic) bond motifs is 4. The second kappa shape index (κ2) is 9.32. The standard InChI is InChI=1S/C34H28NO4P/c1-34(26-16-20-28(36)21-17-26,40(37)33-13-7-4-10-30(33)29-9-3-6-12-32(29)39-40)25-14-18-27(19-15-25)35-22-24-8-2-5-11-31(24)38-23-35/h2-21,36H,22-23H2,1H3. The zero-order chi connectivity index (χ0) is 27.3. The summed E-state index contributed by atoms with van der Waals surface area (Å²) in [5.74, 6) is 1.68. The van der Waals surface area contributed by atoms with Crippen molar-refractivity contribution in [3.05, 3.63) is 138 Å². The van der Waals surface area contributed by atoms with Crippen LogP contribution in [0.4, 0.5) is 5.69 Å². The minimum Gasteiger partial charge on any atom is -0.508 e. The van der Waals surface area contributed by atoms with E-state index in [2.05, 4.69) is 23.1 Å². The van der Waals surface area contributed by atoms with Gasteiger partial charge in [0.05, 0.1) is 5.30 Å². The summed E-state index contributed by atoms with van der Waals surface area (Å²) in [6.07, 6.45) is 0. The topological polar surface area (TPSA) is 59.0 Å². The molecule has 0 bridgehead atoms. The van der Waals surface area contributed by atoms with Crippen molar-refractivity contribution in [2.75, 3.05) is 11.6 Å². The first-order valence-electron chi connectivity index (χ1n) is 13.3. The van der Waals surface area contributed by atoms with Crippen LogP contribution in [0.5, 0.6) is 17.2 Å². The molecule has 2 aliphatic heterocycles. The highest BCUT2D eigenvalue weighted by molar-refractivity contribution is 7.69. The number of ether oxygens (including phenoxy) is 1. The van der Waals surface area contributed by atoms with Crippen LogP contribution in [-0.2, 0) is 16.3 Å². The van der Waals surface area contributed by atoms with Gasteiger partial charge in [0.1, 0.15) is 22.4 Å². The van der Waals surface area contributed by atoms with Crippen LogP contribution in [0, 0.1) is 0 Å². The van der Waals surface area contributed by atoms with Crippen molar-refractivity contribution in [3.8, 4) is 28.4 Å². The highest BCUT2D eigenvalue weighted by Crippen LogP contribution is 2.69. The van der Waals surface area contributed by atoms with Gasteiger partial charge in [0.25, 0.3) is 7.37 Å². The molecule has 0 saturated heterocycles. The number of phenols is 1. The Morgan fingerprint density at radius 3 is 2.08 bits per heavy atom. The van der Waals surface area contributed by atoms with Crippen LogP contribution in [0.1, 0.15) is 23.6 Å². The number of phenolic OH excluding ortho intramolecular Hbond substituents is 1. The van der Waals surface area contributed by atoms with Gasteiger partial charge >= 0.3 is 0 Å². The molecule has 7 rings (SSSR count). The maximum Gasteiger partial charge on any atom is 0.292 e. The summed E-state index contributed by atoms with van der Waals surface area (Å²) in [4.78, 5) is 2.18. The average Bonchev–Trinajstić information content (AvgIpc) is 3.01. The van der Waals surface area contributed by atoms with Gasteiger partial charge in [-0.3, -0.25) is 4.57 Å². The molecule has 6 heteroatoms. The molecule has 0 aliphatic carbocycles. The first-order chi connectivity index (χ1) is 19.5. The number of para-hydroxylation sites is 2. The molecule has 198 valence electrons. The van der Waals surface area contributed by atoms with E-state index in [0.717, 1.165) is 45.8 Å². The zero-order valence-corrected chi connectivity index (χ0v) is 22.9. The number of nitrogens with zero attached hydrogens (tertiary/aromatic N) is 1. The molecular formula is C34H28NO4P. The number of anilines is 1. The van der Waals surface area contributed by atoms with E-state index in [4.69, 9.17) is 9.26 Å². The van der Waals surface area contributed by atoms with Crippen molar-refractivity contribution in [1.82, 2.24) is 0 Å². The predicted octanol–water partition coefficient (Wildman–Crippen LogP) is 7.68. The summed E-state index contributed by atoms with van der Waals surface area (Å²) in [5.41, 5.74) is 5.65. The van der Waals surface area contributed by atoms with Crippen LogP contribution in [0.3, 0.4) is 0 Å². The Hall–Kier alpha value is -4.47. The first kappa shape index (κ1) is 24.6. The van der Waals surface area contributed by atoms with Gasteiger partial charge in [0.2, 0.25) is 0 Å². The van der Waals surface area contributed by atoms with E-state index >= 15 is 4.57 Å². The van der Waals surface area contributed by atoms with E-state index < -0.39 is 12.5 Å². The summed E-state index contributed by atoms with van der Waals surface area (Å²) in [5, 5.41) is 9.73. The number of benzene rings is 5. The fourth-order valence-corrected chi connectivity index (χ4v) is 8.85. The Bertz CT molecular complexity index is 1770. The van der Waals surface area contributed by atoms with Crippen LogP contribution < -0.4 is 19.5 Å². The maximum atomic E-state index is 15.5. The van der Waals surface area contributed by atoms with Gasteiger partial charge in [-0.05, 0) is 66.1 Å². The quantitative estimate of drug-likeness (QED) is 0.235. The molecule has 5 aromatic rings. The first-order valence-corrected chi connectivity index (χ1v) is 14.9. The number of hydrogen-bond donors (Lipinski definition) is 1. The van der Waals surface area contributed by atoms with Crippen molar-refractivity contribution in [3.63, 3.8) is 0 Å². The van der Waals surface area contributed by atoms with Crippen LogP contribution in [0.15, 0.2) is 121 Å². The van der Waals surface area contributed by atoms with Crippen molar-refractivity contribution in [2.45, 2.75) is 18.6 Å². The van der Waals surface area contributed by atoms with Crippen LogP contribution in [0.2, 0.25) is 0 Å². The Morgan fingerprint density at radius 1 is 0.725 bits per heavy atom. The minimum atomic E-state index is -3.63. The summed E-state index contributed by atoms with van der Waals surface area (Å²) in [6.45, 7) is 3.19. The van der Waals surface area contributed by atoms with Gasteiger partial charge in [-0.2, -0.15) is 0 Å². The molecule has 2 unspecified atom stereocenters. The lowest BCUT2D eigenvalue weighted by atomic mass is 9.91. The number of hydrogen-bond acceptors (Lipinski definition) is 5. The fourth-order valence-electron chi connectivity index (χ4n) is 5.88. The van der Waals surface area contributed by atoms with Gasteiger partial charge in [0, 0.05) is 23.4 Å². The molecule has 40 heavy (non-hydrogen) atoms. The molecule has 5 aromatic carbocycles. The van der Waals surface area contributed by atoms with Gasteiger partial charge in [-0.25, -0.2) is 0 Å². The SMILES string of the molecule is CC(c1ccc(O)cc1)(c1ccc(N2COc3ccccc3C2)cc1)P1(=O)Oc2ccccc2-c2ccccc21. The molecule has 0 fully saturated rings. The van der Waals surface area contributed by atoms with Crippen molar-refractivity contribution >= 4 is 18.4 Å². The summed E-state index contributed by atoms with van der Waals surface area (Å²) >= 11 is 0. The smallest absolute Gasteiger partial charge is 0.292 e. The van der Waals surface area contributed by atoms with Crippen molar-refractivity contribution in [2.24, 2.45) is 0 Å². The third kappa shape index (κ3) is 3.73. The second-order valence-corrected chi connectivity index (χ2v) is 13.1. The Labute approximate surface area is 233 Å². The highest BCUT2D eigenvalue weighted by Gasteiger charge is 2.53. The van der Waals surface area contributed by atoms with E-state index in [0.29, 0.717) is 17.8 Å². The average molecular weight is 546 g/mol. The lowest BCUT2D eigenvalue weighted by molar-refractivity contribution is 0.289. The lowest BCUT2D eigenvalue weighted by Crippen LogP contribution is -2.34. The lowest BCUT2D eigenvalue weighted by Gasteiger charge is -2.41. The molecule has 2 atom stereocenters. The molecule has 0 saturated carbocycles. The third-order valence-electron chi connectivity index (χ3n) is 8.15. The second-order valence-electron chi connectivity index (χ2n) is 10.4. The van der Waals surface area contributed by atoms with E-state index in [1.807, 2.05) is 97.9 Å². The van der Waals surface area contributed by atoms with Gasteiger partial charge in [-0.15, -0.1) is 0 Å². The molecule has 2 heterocycles. The molecule has 0 spiro atoms.